The Morgan fingerprint density at radius 1 is 1.10 bits per heavy atom. The molecule has 0 saturated carbocycles. The fraction of sp³-hybridized carbons (Fsp3) is 0.174. The number of aryl methyl sites for hydroxylation is 1. The van der Waals surface area contributed by atoms with Crippen LogP contribution in [0, 0.1) is 6.92 Å². The van der Waals surface area contributed by atoms with Crippen LogP contribution in [0.5, 0.6) is 11.5 Å². The molecule has 0 unspecified atom stereocenters. The second-order valence-electron chi connectivity index (χ2n) is 6.62. The van der Waals surface area contributed by atoms with E-state index >= 15 is 0 Å². The van der Waals surface area contributed by atoms with Crippen LogP contribution in [-0.2, 0) is 11.3 Å². The first-order chi connectivity index (χ1) is 14.5. The van der Waals surface area contributed by atoms with Crippen LogP contribution >= 0.6 is 27.5 Å². The van der Waals surface area contributed by atoms with Gasteiger partial charge in [0.1, 0.15) is 0 Å². The van der Waals surface area contributed by atoms with Crippen molar-refractivity contribution in [2.75, 3.05) is 24.4 Å². The molecule has 156 valence electrons. The summed E-state index contributed by atoms with van der Waals surface area (Å²) in [4.78, 5) is 12.1. The van der Waals surface area contributed by atoms with Crippen molar-refractivity contribution in [2.45, 2.75) is 13.5 Å². The van der Waals surface area contributed by atoms with E-state index in [2.05, 4.69) is 26.6 Å². The molecule has 0 aliphatic carbocycles. The van der Waals surface area contributed by atoms with Crippen molar-refractivity contribution in [3.8, 4) is 11.5 Å². The Bertz CT molecular complexity index is 1030. The Morgan fingerprint density at radius 2 is 1.87 bits per heavy atom. The van der Waals surface area contributed by atoms with Crippen LogP contribution in [0.4, 0.5) is 11.4 Å². The Balaban J connectivity index is 1.65. The first kappa shape index (κ1) is 22.0. The van der Waals surface area contributed by atoms with Gasteiger partial charge in [-0.15, -0.1) is 0 Å². The van der Waals surface area contributed by atoms with Crippen molar-refractivity contribution >= 4 is 44.8 Å². The van der Waals surface area contributed by atoms with Gasteiger partial charge in [0.2, 0.25) is 0 Å². The molecule has 0 saturated heterocycles. The Hall–Kier alpha value is -2.70. The second kappa shape index (κ2) is 10.4. The number of para-hydroxylation sites is 1. The quantitative estimate of drug-likeness (QED) is 0.404. The lowest BCUT2D eigenvalue weighted by Crippen LogP contribution is -2.20. The van der Waals surface area contributed by atoms with Crippen molar-refractivity contribution in [1.29, 1.82) is 0 Å². The van der Waals surface area contributed by atoms with Gasteiger partial charge in [-0.2, -0.15) is 0 Å². The van der Waals surface area contributed by atoms with E-state index in [-0.39, 0.29) is 12.5 Å². The number of rotatable bonds is 8. The monoisotopic (exact) mass is 488 g/mol. The molecule has 0 radical (unpaired) electrons. The zero-order chi connectivity index (χ0) is 21.5. The van der Waals surface area contributed by atoms with E-state index in [4.69, 9.17) is 21.1 Å². The number of ether oxygens (including phenoxy) is 2. The van der Waals surface area contributed by atoms with Gasteiger partial charge in [0, 0.05) is 22.4 Å². The molecule has 0 heterocycles. The van der Waals surface area contributed by atoms with Gasteiger partial charge in [0.25, 0.3) is 5.91 Å². The van der Waals surface area contributed by atoms with Crippen molar-refractivity contribution in [1.82, 2.24) is 0 Å². The van der Waals surface area contributed by atoms with E-state index in [1.54, 1.807) is 25.3 Å². The number of amides is 1. The first-order valence-electron chi connectivity index (χ1n) is 9.30. The number of nitrogens with one attached hydrogen (secondary N) is 2. The topological polar surface area (TPSA) is 59.6 Å². The molecule has 1 amide bonds. The summed E-state index contributed by atoms with van der Waals surface area (Å²) in [5.41, 5.74) is 3.80. The standard InChI is InChI=1S/C23H22BrClN2O3/c1-15-10-17(24)8-9-20(15)26-13-16-11-19(25)23(21(12-16)29-2)30-14-22(28)27-18-6-4-3-5-7-18/h3-12,26H,13-14H2,1-2H3,(H,27,28). The molecule has 30 heavy (non-hydrogen) atoms. The van der Waals surface area contributed by atoms with Crippen LogP contribution in [0.1, 0.15) is 11.1 Å². The summed E-state index contributed by atoms with van der Waals surface area (Å²) in [7, 11) is 1.54. The average Bonchev–Trinajstić information content (AvgIpc) is 2.72. The van der Waals surface area contributed by atoms with Gasteiger partial charge in [-0.3, -0.25) is 4.79 Å². The smallest absolute Gasteiger partial charge is 0.262 e. The fourth-order valence-corrected chi connectivity index (χ4v) is 3.66. The van der Waals surface area contributed by atoms with Crippen LogP contribution < -0.4 is 20.1 Å². The number of hydrogen-bond acceptors (Lipinski definition) is 4. The van der Waals surface area contributed by atoms with Crippen LogP contribution in [-0.4, -0.2) is 19.6 Å². The molecular formula is C23H22BrClN2O3. The molecule has 3 aromatic carbocycles. The highest BCUT2D eigenvalue weighted by atomic mass is 79.9. The van der Waals surface area contributed by atoms with Gasteiger partial charge in [-0.05, 0) is 60.5 Å². The summed E-state index contributed by atoms with van der Waals surface area (Å²) in [6.45, 7) is 2.42. The number of carbonyl (C=O) groups is 1. The summed E-state index contributed by atoms with van der Waals surface area (Å²) in [5.74, 6) is 0.529. The van der Waals surface area contributed by atoms with Gasteiger partial charge in [0.05, 0.1) is 12.1 Å². The van der Waals surface area contributed by atoms with Crippen LogP contribution in [0.2, 0.25) is 5.02 Å². The largest absolute Gasteiger partial charge is 0.493 e. The number of anilines is 2. The van der Waals surface area contributed by atoms with Crippen molar-refractivity contribution in [2.24, 2.45) is 0 Å². The molecule has 2 N–H and O–H groups in total. The molecule has 0 bridgehead atoms. The molecular weight excluding hydrogens is 468 g/mol. The maximum Gasteiger partial charge on any atom is 0.262 e. The molecule has 7 heteroatoms. The number of benzene rings is 3. The lowest BCUT2D eigenvalue weighted by molar-refractivity contribution is -0.118. The van der Waals surface area contributed by atoms with Gasteiger partial charge >= 0.3 is 0 Å². The van der Waals surface area contributed by atoms with Gasteiger partial charge in [0.15, 0.2) is 18.1 Å². The highest BCUT2D eigenvalue weighted by Gasteiger charge is 2.14. The van der Waals surface area contributed by atoms with Crippen LogP contribution in [0.3, 0.4) is 0 Å². The first-order valence-corrected chi connectivity index (χ1v) is 10.5. The third-order valence-corrected chi connectivity index (χ3v) is 5.14. The summed E-state index contributed by atoms with van der Waals surface area (Å²) in [6, 6.07) is 18.9. The van der Waals surface area contributed by atoms with Crippen molar-refractivity contribution in [3.63, 3.8) is 0 Å². The third kappa shape index (κ3) is 5.90. The molecule has 5 nitrogen and oxygen atoms in total. The maximum absolute atomic E-state index is 12.1. The van der Waals surface area contributed by atoms with Crippen LogP contribution in [0.15, 0.2) is 65.1 Å². The van der Waals surface area contributed by atoms with E-state index < -0.39 is 0 Å². The van der Waals surface area contributed by atoms with Gasteiger partial charge in [-0.1, -0.05) is 45.7 Å². The number of hydrogen-bond donors (Lipinski definition) is 2. The molecule has 0 aromatic heterocycles. The lowest BCUT2D eigenvalue weighted by atomic mass is 10.1. The number of methoxy groups -OCH3 is 1. The molecule has 0 aliphatic rings. The summed E-state index contributed by atoms with van der Waals surface area (Å²) in [5, 5.41) is 6.54. The normalized spacial score (nSPS) is 10.4. The van der Waals surface area contributed by atoms with Crippen molar-refractivity contribution in [3.05, 3.63) is 81.3 Å². The number of halogens is 2. The summed E-state index contributed by atoms with van der Waals surface area (Å²) >= 11 is 9.89. The minimum absolute atomic E-state index is 0.180. The SMILES string of the molecule is COc1cc(CNc2ccc(Br)cc2C)cc(Cl)c1OCC(=O)Nc1ccccc1. The highest BCUT2D eigenvalue weighted by molar-refractivity contribution is 9.10. The third-order valence-electron chi connectivity index (χ3n) is 4.37. The van der Waals surface area contributed by atoms with Crippen LogP contribution in [0.25, 0.3) is 0 Å². The zero-order valence-corrected chi connectivity index (χ0v) is 19.0. The number of carbonyl (C=O) groups excluding carboxylic acids is 1. The molecule has 3 rings (SSSR count). The van der Waals surface area contributed by atoms with E-state index in [1.807, 2.05) is 49.4 Å². The zero-order valence-electron chi connectivity index (χ0n) is 16.7. The summed E-state index contributed by atoms with van der Waals surface area (Å²) < 4.78 is 12.1. The molecule has 0 fully saturated rings. The van der Waals surface area contributed by atoms with E-state index in [1.165, 1.54) is 0 Å². The molecule has 3 aromatic rings. The summed E-state index contributed by atoms with van der Waals surface area (Å²) in [6.07, 6.45) is 0. The Morgan fingerprint density at radius 3 is 2.57 bits per heavy atom. The van der Waals surface area contributed by atoms with Crippen molar-refractivity contribution < 1.29 is 14.3 Å². The van der Waals surface area contributed by atoms with E-state index in [9.17, 15) is 4.79 Å². The molecule has 0 atom stereocenters. The lowest BCUT2D eigenvalue weighted by Gasteiger charge is -2.15. The predicted molar refractivity (Wildman–Crippen MR) is 125 cm³/mol. The van der Waals surface area contributed by atoms with Gasteiger partial charge < -0.3 is 20.1 Å². The van der Waals surface area contributed by atoms with E-state index in [0.717, 1.165) is 21.3 Å². The van der Waals surface area contributed by atoms with Gasteiger partial charge in [-0.25, -0.2) is 0 Å². The minimum Gasteiger partial charge on any atom is -0.493 e. The minimum atomic E-state index is -0.282. The highest BCUT2D eigenvalue weighted by Crippen LogP contribution is 2.36. The Labute approximate surface area is 189 Å². The second-order valence-corrected chi connectivity index (χ2v) is 7.95. The Kier molecular flexibility index (Phi) is 7.60. The molecule has 0 spiro atoms. The van der Waals surface area contributed by atoms with E-state index in [0.29, 0.717) is 28.8 Å². The molecule has 0 aliphatic heterocycles. The average molecular weight is 490 g/mol. The maximum atomic E-state index is 12.1. The fourth-order valence-electron chi connectivity index (χ4n) is 2.89. The predicted octanol–water partition coefficient (Wildman–Crippen LogP) is 6.05.